The normalized spacial score (nSPS) is 17.1. The summed E-state index contributed by atoms with van der Waals surface area (Å²) in [4.78, 5) is 8.45. The Morgan fingerprint density at radius 3 is 3.18 bits per heavy atom. The molecule has 0 saturated heterocycles. The predicted octanol–water partition coefficient (Wildman–Crippen LogP) is 2.44. The molecule has 1 aromatic carbocycles. The first-order valence-electron chi connectivity index (χ1n) is 7.04. The van der Waals surface area contributed by atoms with Crippen LogP contribution in [-0.2, 0) is 7.05 Å². The van der Waals surface area contributed by atoms with E-state index in [-0.39, 0.29) is 11.9 Å². The summed E-state index contributed by atoms with van der Waals surface area (Å²) in [6.07, 6.45) is 4.08. The first-order chi connectivity index (χ1) is 10.7. The molecule has 4 rings (SSSR count). The molecule has 3 heterocycles. The Morgan fingerprint density at radius 2 is 2.27 bits per heavy atom. The largest absolute Gasteiger partial charge is 0.490 e. The van der Waals surface area contributed by atoms with E-state index in [0.717, 1.165) is 17.4 Å². The summed E-state index contributed by atoms with van der Waals surface area (Å²) >= 11 is 0. The monoisotopic (exact) mass is 299 g/mol. The van der Waals surface area contributed by atoms with Crippen LogP contribution in [0.4, 0.5) is 10.2 Å². The van der Waals surface area contributed by atoms with Gasteiger partial charge in [0.05, 0.1) is 18.0 Å². The van der Waals surface area contributed by atoms with Gasteiger partial charge in [0.25, 0.3) is 0 Å². The van der Waals surface area contributed by atoms with Crippen LogP contribution < -0.4 is 10.1 Å². The standard InChI is InChI=1S/C15H14FN5O/c1-21-7-10-14(17-8-18-15(10)20-21)19-12-5-6-22-13-9(12)3-2-4-11(13)16/h2-4,7-8,12H,5-6H2,1H3,(H,17,18,19,20)/t12-/m0/s1. The minimum atomic E-state index is -0.335. The fourth-order valence-electron chi connectivity index (χ4n) is 2.77. The van der Waals surface area contributed by atoms with E-state index in [1.165, 1.54) is 12.4 Å². The number of hydrogen-bond donors (Lipinski definition) is 1. The van der Waals surface area contributed by atoms with Gasteiger partial charge in [0.2, 0.25) is 0 Å². The molecular weight excluding hydrogens is 285 g/mol. The van der Waals surface area contributed by atoms with Crippen molar-refractivity contribution in [3.8, 4) is 5.75 Å². The van der Waals surface area contributed by atoms with Gasteiger partial charge in [-0.25, -0.2) is 14.4 Å². The molecule has 0 radical (unpaired) electrons. The van der Waals surface area contributed by atoms with Crippen molar-refractivity contribution >= 4 is 16.9 Å². The van der Waals surface area contributed by atoms with Gasteiger partial charge in [0.15, 0.2) is 17.2 Å². The van der Waals surface area contributed by atoms with Gasteiger partial charge in [-0.05, 0) is 6.07 Å². The highest BCUT2D eigenvalue weighted by molar-refractivity contribution is 5.85. The molecule has 1 N–H and O–H groups in total. The van der Waals surface area contributed by atoms with Crippen LogP contribution in [-0.4, -0.2) is 26.4 Å². The Balaban J connectivity index is 1.74. The molecule has 1 aliphatic rings. The molecule has 6 nitrogen and oxygen atoms in total. The van der Waals surface area contributed by atoms with Crippen LogP contribution >= 0.6 is 0 Å². The maximum atomic E-state index is 13.8. The van der Waals surface area contributed by atoms with Crippen molar-refractivity contribution < 1.29 is 9.13 Å². The molecule has 0 aliphatic carbocycles. The predicted molar refractivity (Wildman–Crippen MR) is 79.2 cm³/mol. The Morgan fingerprint density at radius 1 is 1.36 bits per heavy atom. The lowest BCUT2D eigenvalue weighted by Gasteiger charge is -2.27. The zero-order valence-corrected chi connectivity index (χ0v) is 12.0. The van der Waals surface area contributed by atoms with Gasteiger partial charge in [-0.15, -0.1) is 0 Å². The molecular formula is C15H14FN5O. The average Bonchev–Trinajstić information content (AvgIpc) is 2.90. The van der Waals surface area contributed by atoms with Crippen LogP contribution in [0, 0.1) is 5.82 Å². The van der Waals surface area contributed by atoms with Crippen LogP contribution in [0.15, 0.2) is 30.7 Å². The fourth-order valence-corrected chi connectivity index (χ4v) is 2.77. The van der Waals surface area contributed by atoms with Crippen molar-refractivity contribution in [2.75, 3.05) is 11.9 Å². The summed E-state index contributed by atoms with van der Waals surface area (Å²) in [6, 6.07) is 4.91. The Kier molecular flexibility index (Phi) is 2.92. The van der Waals surface area contributed by atoms with Crippen molar-refractivity contribution in [2.24, 2.45) is 7.05 Å². The molecule has 0 fully saturated rings. The summed E-state index contributed by atoms with van der Waals surface area (Å²) in [5, 5.41) is 8.48. The lowest BCUT2D eigenvalue weighted by Crippen LogP contribution is -2.21. The Bertz CT molecular complexity index is 847. The van der Waals surface area contributed by atoms with Gasteiger partial charge < -0.3 is 10.1 Å². The van der Waals surface area contributed by atoms with Crippen LogP contribution in [0.25, 0.3) is 11.0 Å². The van der Waals surface area contributed by atoms with Crippen LogP contribution in [0.2, 0.25) is 0 Å². The van der Waals surface area contributed by atoms with Crippen LogP contribution in [0.3, 0.4) is 0 Å². The Hall–Kier alpha value is -2.70. The zero-order chi connectivity index (χ0) is 15.1. The first kappa shape index (κ1) is 13.0. The topological polar surface area (TPSA) is 64.9 Å². The molecule has 22 heavy (non-hydrogen) atoms. The molecule has 1 atom stereocenters. The number of para-hydroxylation sites is 1. The highest BCUT2D eigenvalue weighted by Gasteiger charge is 2.24. The second kappa shape index (κ2) is 4.94. The van der Waals surface area contributed by atoms with Crippen molar-refractivity contribution in [3.05, 3.63) is 42.1 Å². The van der Waals surface area contributed by atoms with E-state index in [1.54, 1.807) is 10.7 Å². The lowest BCUT2D eigenvalue weighted by atomic mass is 10.00. The number of halogens is 1. The van der Waals surface area contributed by atoms with Gasteiger partial charge in [0, 0.05) is 25.2 Å². The van der Waals surface area contributed by atoms with Gasteiger partial charge in [-0.3, -0.25) is 4.68 Å². The maximum absolute atomic E-state index is 13.8. The summed E-state index contributed by atoms with van der Waals surface area (Å²) in [7, 11) is 1.84. The third-order valence-electron chi connectivity index (χ3n) is 3.77. The quantitative estimate of drug-likeness (QED) is 0.787. The van der Waals surface area contributed by atoms with Crippen LogP contribution in [0.5, 0.6) is 5.75 Å². The molecule has 7 heteroatoms. The molecule has 3 aromatic rings. The highest BCUT2D eigenvalue weighted by Crippen LogP contribution is 2.36. The van der Waals surface area contributed by atoms with Crippen molar-refractivity contribution in [1.82, 2.24) is 19.7 Å². The maximum Gasteiger partial charge on any atom is 0.186 e. The average molecular weight is 299 g/mol. The minimum Gasteiger partial charge on any atom is -0.490 e. The van der Waals surface area contributed by atoms with Crippen LogP contribution in [0.1, 0.15) is 18.0 Å². The van der Waals surface area contributed by atoms with E-state index in [9.17, 15) is 4.39 Å². The van der Waals surface area contributed by atoms with E-state index in [1.807, 2.05) is 19.3 Å². The molecule has 0 unspecified atom stereocenters. The lowest BCUT2D eigenvalue weighted by molar-refractivity contribution is 0.260. The summed E-state index contributed by atoms with van der Waals surface area (Å²) < 4.78 is 21.0. The van der Waals surface area contributed by atoms with E-state index in [4.69, 9.17) is 4.74 Å². The van der Waals surface area contributed by atoms with E-state index in [0.29, 0.717) is 23.8 Å². The molecule has 2 aromatic heterocycles. The van der Waals surface area contributed by atoms with Crippen molar-refractivity contribution in [3.63, 3.8) is 0 Å². The third kappa shape index (κ3) is 2.05. The number of anilines is 1. The molecule has 1 aliphatic heterocycles. The second-order valence-corrected chi connectivity index (χ2v) is 5.25. The van der Waals surface area contributed by atoms with Gasteiger partial charge in [-0.2, -0.15) is 5.10 Å². The number of aryl methyl sites for hydroxylation is 1. The number of aromatic nitrogens is 4. The number of nitrogens with zero attached hydrogens (tertiary/aromatic N) is 4. The highest BCUT2D eigenvalue weighted by atomic mass is 19.1. The minimum absolute atomic E-state index is 0.0576. The first-order valence-corrected chi connectivity index (χ1v) is 7.04. The van der Waals surface area contributed by atoms with Gasteiger partial charge >= 0.3 is 0 Å². The zero-order valence-electron chi connectivity index (χ0n) is 12.0. The molecule has 0 spiro atoms. The second-order valence-electron chi connectivity index (χ2n) is 5.25. The Labute approximate surface area is 125 Å². The van der Waals surface area contributed by atoms with E-state index in [2.05, 4.69) is 20.4 Å². The number of rotatable bonds is 2. The number of hydrogen-bond acceptors (Lipinski definition) is 5. The summed E-state index contributed by atoms with van der Waals surface area (Å²) in [6.45, 7) is 0.465. The van der Waals surface area contributed by atoms with E-state index >= 15 is 0 Å². The van der Waals surface area contributed by atoms with E-state index < -0.39 is 0 Å². The molecule has 0 saturated carbocycles. The van der Waals surface area contributed by atoms with Crippen molar-refractivity contribution in [2.45, 2.75) is 12.5 Å². The molecule has 112 valence electrons. The fraction of sp³-hybridized carbons (Fsp3) is 0.267. The van der Waals surface area contributed by atoms with Crippen molar-refractivity contribution in [1.29, 1.82) is 0 Å². The summed E-state index contributed by atoms with van der Waals surface area (Å²) in [5.41, 5.74) is 1.44. The molecule has 0 amide bonds. The number of benzene rings is 1. The number of fused-ring (bicyclic) bond motifs is 2. The summed E-state index contributed by atoms with van der Waals surface area (Å²) in [5.74, 6) is 0.682. The number of nitrogens with one attached hydrogen (secondary N) is 1. The van der Waals surface area contributed by atoms with Gasteiger partial charge in [0.1, 0.15) is 12.1 Å². The smallest absolute Gasteiger partial charge is 0.186 e. The van der Waals surface area contributed by atoms with Gasteiger partial charge in [-0.1, -0.05) is 12.1 Å². The third-order valence-corrected chi connectivity index (χ3v) is 3.77. The SMILES string of the molecule is Cn1cc2c(N[C@H]3CCOc4c(F)cccc43)ncnc2n1. The molecule has 0 bridgehead atoms. The number of ether oxygens (including phenoxy) is 1.